The van der Waals surface area contributed by atoms with Gasteiger partial charge in [-0.1, -0.05) is 0 Å². The Balaban J connectivity index is 1.54. The topological polar surface area (TPSA) is 102 Å². The molecule has 2 aromatic carbocycles. The molecule has 0 aliphatic carbocycles. The summed E-state index contributed by atoms with van der Waals surface area (Å²) in [5, 5.41) is 4.28. The maximum Gasteiger partial charge on any atom is 0.277 e. The summed E-state index contributed by atoms with van der Waals surface area (Å²) in [6.45, 7) is 2.76. The molecule has 2 N–H and O–H groups in total. The first-order valence-electron chi connectivity index (χ1n) is 10.7. The minimum absolute atomic E-state index is 0.0165. The third-order valence-corrected chi connectivity index (χ3v) is 6.07. The van der Waals surface area contributed by atoms with E-state index in [1.807, 2.05) is 12.1 Å². The van der Waals surface area contributed by atoms with Crippen LogP contribution in [0.2, 0.25) is 0 Å². The number of carbonyl (C=O) groups is 3. The number of fused-ring (bicyclic) bond motifs is 1. The average molecular weight is 447 g/mol. The molecule has 9 heteroatoms. The molecule has 3 aromatic rings. The largest absolute Gasteiger partial charge is 0.364 e. The summed E-state index contributed by atoms with van der Waals surface area (Å²) in [6.07, 6.45) is 1.75. The van der Waals surface area contributed by atoms with Gasteiger partial charge in [0.05, 0.1) is 5.69 Å². The Morgan fingerprint density at radius 1 is 0.970 bits per heavy atom. The fraction of sp³-hybridized carbons (Fsp3) is 0.250. The highest BCUT2D eigenvalue weighted by Crippen LogP contribution is 2.31. The number of aromatic nitrogens is 2. The van der Waals surface area contributed by atoms with E-state index in [4.69, 9.17) is 5.73 Å². The summed E-state index contributed by atoms with van der Waals surface area (Å²) >= 11 is 0. The van der Waals surface area contributed by atoms with Crippen LogP contribution in [0.1, 0.15) is 44.9 Å². The molecule has 0 saturated carbocycles. The lowest BCUT2D eigenvalue weighted by molar-refractivity contribution is -0.117. The number of aryl methyl sites for hydroxylation is 1. The Kier molecular flexibility index (Phi) is 4.96. The van der Waals surface area contributed by atoms with E-state index in [2.05, 4.69) is 5.10 Å². The molecule has 0 radical (unpaired) electrons. The maximum atomic E-state index is 14.1. The van der Waals surface area contributed by atoms with Gasteiger partial charge in [0.25, 0.3) is 11.8 Å². The minimum Gasteiger partial charge on any atom is -0.364 e. The first-order chi connectivity index (χ1) is 15.8. The summed E-state index contributed by atoms with van der Waals surface area (Å²) in [5.41, 5.74) is 8.64. The normalized spacial score (nSPS) is 15.8. The zero-order chi connectivity index (χ0) is 23.3. The molecule has 0 bridgehead atoms. The van der Waals surface area contributed by atoms with E-state index in [0.29, 0.717) is 48.4 Å². The van der Waals surface area contributed by atoms with Crippen molar-refractivity contribution in [1.29, 1.82) is 0 Å². The molecule has 1 saturated heterocycles. The molecule has 3 amide bonds. The lowest BCUT2D eigenvalue weighted by Gasteiger charge is -2.28. The molecule has 2 aliphatic heterocycles. The van der Waals surface area contributed by atoms with Gasteiger partial charge in [0.2, 0.25) is 5.91 Å². The first-order valence-corrected chi connectivity index (χ1v) is 10.7. The SMILES string of the molecule is Cc1cc(F)cc(-n2nc(C(N)=O)c3c2C(=O)N(c2ccc(N4CCCC4=O)cc2)CC3)c1. The summed E-state index contributed by atoms with van der Waals surface area (Å²) in [6, 6.07) is 11.6. The Bertz CT molecular complexity index is 1280. The van der Waals surface area contributed by atoms with Crippen LogP contribution < -0.4 is 15.5 Å². The molecule has 0 unspecified atom stereocenters. The van der Waals surface area contributed by atoms with Crippen LogP contribution >= 0.6 is 0 Å². The van der Waals surface area contributed by atoms with Crippen LogP contribution in [0.15, 0.2) is 42.5 Å². The number of anilines is 2. The monoisotopic (exact) mass is 447 g/mol. The van der Waals surface area contributed by atoms with Crippen LogP contribution in [-0.2, 0) is 11.2 Å². The first kappa shape index (κ1) is 20.9. The standard InChI is InChI=1S/C24H22FN5O3/c1-14-11-15(25)13-18(12-14)30-22-19(21(27-30)23(26)32)8-10-29(24(22)33)17-6-4-16(5-7-17)28-9-2-3-20(28)31/h4-7,11-13H,2-3,8-10H2,1H3,(H2,26,32). The molecule has 1 fully saturated rings. The lowest BCUT2D eigenvalue weighted by atomic mass is 10.0. The molecular formula is C24H22FN5O3. The van der Waals surface area contributed by atoms with Crippen LogP contribution in [0.3, 0.4) is 0 Å². The predicted molar refractivity (Wildman–Crippen MR) is 120 cm³/mol. The third kappa shape index (κ3) is 3.55. The van der Waals surface area contributed by atoms with E-state index in [1.165, 1.54) is 16.8 Å². The number of nitrogens with zero attached hydrogens (tertiary/aromatic N) is 4. The maximum absolute atomic E-state index is 14.1. The zero-order valence-electron chi connectivity index (χ0n) is 18.0. The number of primary amides is 1. The number of hydrogen-bond donors (Lipinski definition) is 1. The number of amides is 3. The van der Waals surface area contributed by atoms with Crippen LogP contribution in [-0.4, -0.2) is 40.6 Å². The summed E-state index contributed by atoms with van der Waals surface area (Å²) in [4.78, 5) is 40.9. The Morgan fingerprint density at radius 2 is 1.67 bits per heavy atom. The van der Waals surface area contributed by atoms with Crippen LogP contribution in [0.5, 0.6) is 0 Å². The number of rotatable bonds is 4. The molecule has 1 aromatic heterocycles. The fourth-order valence-electron chi connectivity index (χ4n) is 4.56. The summed E-state index contributed by atoms with van der Waals surface area (Å²) in [7, 11) is 0. The molecule has 168 valence electrons. The van der Waals surface area contributed by atoms with Crippen molar-refractivity contribution in [3.05, 3.63) is 70.8 Å². The highest BCUT2D eigenvalue weighted by molar-refractivity contribution is 6.09. The third-order valence-electron chi connectivity index (χ3n) is 6.07. The molecule has 5 rings (SSSR count). The van der Waals surface area contributed by atoms with Gasteiger partial charge in [-0.05, 0) is 67.8 Å². The number of benzene rings is 2. The molecule has 0 atom stereocenters. The second-order valence-electron chi connectivity index (χ2n) is 8.31. The van der Waals surface area contributed by atoms with E-state index < -0.39 is 11.7 Å². The van der Waals surface area contributed by atoms with Crippen molar-refractivity contribution in [2.75, 3.05) is 22.9 Å². The van der Waals surface area contributed by atoms with Gasteiger partial charge in [-0.3, -0.25) is 14.4 Å². The van der Waals surface area contributed by atoms with E-state index in [0.717, 1.165) is 12.1 Å². The van der Waals surface area contributed by atoms with Crippen molar-refractivity contribution in [2.45, 2.75) is 26.2 Å². The van der Waals surface area contributed by atoms with Crippen molar-refractivity contribution in [3.63, 3.8) is 0 Å². The smallest absolute Gasteiger partial charge is 0.277 e. The predicted octanol–water partition coefficient (Wildman–Crippen LogP) is 2.75. The minimum atomic E-state index is -0.737. The van der Waals surface area contributed by atoms with Crippen molar-refractivity contribution < 1.29 is 18.8 Å². The quantitative estimate of drug-likeness (QED) is 0.664. The van der Waals surface area contributed by atoms with Gasteiger partial charge >= 0.3 is 0 Å². The average Bonchev–Trinajstić information content (AvgIpc) is 3.38. The molecule has 0 spiro atoms. The van der Waals surface area contributed by atoms with Gasteiger partial charge in [-0.25, -0.2) is 9.07 Å². The molecule has 8 nitrogen and oxygen atoms in total. The van der Waals surface area contributed by atoms with E-state index >= 15 is 0 Å². The number of nitrogens with two attached hydrogens (primary N) is 1. The lowest BCUT2D eigenvalue weighted by Crippen LogP contribution is -2.39. The summed E-state index contributed by atoms with van der Waals surface area (Å²) < 4.78 is 15.4. The van der Waals surface area contributed by atoms with E-state index in [9.17, 15) is 18.8 Å². The summed E-state index contributed by atoms with van der Waals surface area (Å²) in [5.74, 6) is -1.47. The second kappa shape index (κ2) is 7.84. The van der Waals surface area contributed by atoms with Crippen molar-refractivity contribution in [1.82, 2.24) is 9.78 Å². The van der Waals surface area contributed by atoms with Gasteiger partial charge in [-0.2, -0.15) is 5.10 Å². The van der Waals surface area contributed by atoms with Crippen LogP contribution in [0.4, 0.5) is 15.8 Å². The van der Waals surface area contributed by atoms with Crippen molar-refractivity contribution in [2.24, 2.45) is 5.73 Å². The molecule has 33 heavy (non-hydrogen) atoms. The van der Waals surface area contributed by atoms with Crippen LogP contribution in [0, 0.1) is 12.7 Å². The number of carbonyl (C=O) groups excluding carboxylic acids is 3. The van der Waals surface area contributed by atoms with Gasteiger partial charge in [0, 0.05) is 36.4 Å². The van der Waals surface area contributed by atoms with Gasteiger partial charge < -0.3 is 15.5 Å². The molecule has 3 heterocycles. The van der Waals surface area contributed by atoms with Crippen molar-refractivity contribution >= 4 is 29.1 Å². The Labute approximate surface area is 189 Å². The molecule has 2 aliphatic rings. The van der Waals surface area contributed by atoms with E-state index in [1.54, 1.807) is 34.9 Å². The van der Waals surface area contributed by atoms with Gasteiger partial charge in [0.15, 0.2) is 5.69 Å². The number of halogens is 1. The number of hydrogen-bond acceptors (Lipinski definition) is 4. The van der Waals surface area contributed by atoms with Crippen LogP contribution in [0.25, 0.3) is 5.69 Å². The molecular weight excluding hydrogens is 425 g/mol. The Morgan fingerprint density at radius 3 is 2.27 bits per heavy atom. The zero-order valence-corrected chi connectivity index (χ0v) is 18.0. The second-order valence-corrected chi connectivity index (χ2v) is 8.31. The van der Waals surface area contributed by atoms with E-state index in [-0.39, 0.29) is 23.2 Å². The van der Waals surface area contributed by atoms with Crippen molar-refractivity contribution in [3.8, 4) is 5.69 Å². The van der Waals surface area contributed by atoms with Gasteiger partial charge in [-0.15, -0.1) is 0 Å². The highest BCUT2D eigenvalue weighted by atomic mass is 19.1. The van der Waals surface area contributed by atoms with Gasteiger partial charge in [0.1, 0.15) is 11.5 Å². The highest BCUT2D eigenvalue weighted by Gasteiger charge is 2.35. The fourth-order valence-corrected chi connectivity index (χ4v) is 4.56. The Hall–Kier alpha value is -4.01.